The van der Waals surface area contributed by atoms with Gasteiger partial charge in [0, 0.05) is 12.8 Å². The van der Waals surface area contributed by atoms with Crippen LogP contribution in [0.1, 0.15) is 71.1 Å². The van der Waals surface area contributed by atoms with Gasteiger partial charge in [0.15, 0.2) is 0 Å². The van der Waals surface area contributed by atoms with Crippen LogP contribution in [0.2, 0.25) is 0 Å². The summed E-state index contributed by atoms with van der Waals surface area (Å²) in [4.78, 5) is 10.3. The second kappa shape index (κ2) is 16.6. The number of aliphatic hydroxyl groups excluding tert-OH is 1. The van der Waals surface area contributed by atoms with Crippen LogP contribution in [0, 0.1) is 0 Å². The van der Waals surface area contributed by atoms with Crippen molar-refractivity contribution in [2.45, 2.75) is 71.1 Å². The Hall–Kier alpha value is -1.77. The predicted molar refractivity (Wildman–Crippen MR) is 97.6 cm³/mol. The lowest BCUT2D eigenvalue weighted by molar-refractivity contribution is -0.137. The fraction of sp³-hybridized carbons (Fsp3) is 0.550. The number of carbonyl (C=O) groups is 1. The zero-order valence-corrected chi connectivity index (χ0v) is 14.4. The van der Waals surface area contributed by atoms with Crippen LogP contribution < -0.4 is 0 Å². The Bertz CT molecular complexity index is 403. The molecular formula is C20H32O3. The van der Waals surface area contributed by atoms with E-state index in [4.69, 9.17) is 5.11 Å². The summed E-state index contributed by atoms with van der Waals surface area (Å²) in [5, 5.41) is 18.1. The number of carboxylic acids is 1. The summed E-state index contributed by atoms with van der Waals surface area (Å²) >= 11 is 0. The molecule has 0 rings (SSSR count). The van der Waals surface area contributed by atoms with Crippen molar-refractivity contribution in [2.75, 3.05) is 0 Å². The summed E-state index contributed by atoms with van der Waals surface area (Å²) in [5.41, 5.74) is 0. The lowest BCUT2D eigenvalue weighted by Gasteiger charge is -1.97. The first-order chi connectivity index (χ1) is 11.2. The van der Waals surface area contributed by atoms with E-state index >= 15 is 0 Å². The third-order valence-corrected chi connectivity index (χ3v) is 3.33. The first kappa shape index (κ1) is 21.2. The molecule has 0 atom stereocenters. The second-order valence-corrected chi connectivity index (χ2v) is 5.56. The summed E-state index contributed by atoms with van der Waals surface area (Å²) in [7, 11) is 0. The molecule has 3 heteroatoms. The SMILES string of the molecule is CCCCC/C=C\C/C=C\C/C=C\C/C=C(/O)CCCC(=O)O. The van der Waals surface area contributed by atoms with Gasteiger partial charge in [-0.05, 0) is 44.6 Å². The molecule has 0 spiro atoms. The summed E-state index contributed by atoms with van der Waals surface area (Å²) in [6.07, 6.45) is 23.3. The van der Waals surface area contributed by atoms with E-state index in [0.717, 1.165) is 12.8 Å². The third-order valence-electron chi connectivity index (χ3n) is 3.33. The molecule has 0 aromatic rings. The van der Waals surface area contributed by atoms with Crippen LogP contribution in [0.5, 0.6) is 0 Å². The molecule has 0 heterocycles. The van der Waals surface area contributed by atoms with E-state index in [1.165, 1.54) is 25.7 Å². The van der Waals surface area contributed by atoms with E-state index in [0.29, 0.717) is 19.3 Å². The highest BCUT2D eigenvalue weighted by Gasteiger charge is 1.98. The first-order valence-electron chi connectivity index (χ1n) is 8.71. The van der Waals surface area contributed by atoms with E-state index in [2.05, 4.69) is 37.3 Å². The molecule has 0 radical (unpaired) electrons. The maximum Gasteiger partial charge on any atom is 0.303 e. The number of unbranched alkanes of at least 4 members (excludes halogenated alkanes) is 3. The van der Waals surface area contributed by atoms with Crippen LogP contribution in [-0.4, -0.2) is 16.2 Å². The predicted octanol–water partition coefficient (Wildman–Crippen LogP) is 6.10. The van der Waals surface area contributed by atoms with E-state index in [-0.39, 0.29) is 12.2 Å². The van der Waals surface area contributed by atoms with E-state index < -0.39 is 5.97 Å². The minimum absolute atomic E-state index is 0.103. The molecule has 0 saturated carbocycles. The minimum atomic E-state index is -0.819. The van der Waals surface area contributed by atoms with E-state index in [9.17, 15) is 9.90 Å². The highest BCUT2D eigenvalue weighted by atomic mass is 16.4. The Morgan fingerprint density at radius 3 is 2.00 bits per heavy atom. The van der Waals surface area contributed by atoms with Gasteiger partial charge in [0.1, 0.15) is 0 Å². The average Bonchev–Trinajstić information content (AvgIpc) is 2.51. The lowest BCUT2D eigenvalue weighted by atomic mass is 10.2. The number of allylic oxidation sites excluding steroid dienone is 8. The highest BCUT2D eigenvalue weighted by molar-refractivity contribution is 5.66. The van der Waals surface area contributed by atoms with Gasteiger partial charge in [-0.1, -0.05) is 56.2 Å². The van der Waals surface area contributed by atoms with Gasteiger partial charge in [0.25, 0.3) is 0 Å². The average molecular weight is 320 g/mol. The van der Waals surface area contributed by atoms with Crippen molar-refractivity contribution in [3.05, 3.63) is 48.3 Å². The van der Waals surface area contributed by atoms with E-state index in [1.807, 2.05) is 6.08 Å². The van der Waals surface area contributed by atoms with Gasteiger partial charge in [0.05, 0.1) is 5.76 Å². The molecule has 130 valence electrons. The van der Waals surface area contributed by atoms with Crippen LogP contribution in [0.15, 0.2) is 48.3 Å². The van der Waals surface area contributed by atoms with Crippen LogP contribution >= 0.6 is 0 Å². The Morgan fingerprint density at radius 2 is 1.39 bits per heavy atom. The first-order valence-corrected chi connectivity index (χ1v) is 8.71. The molecule has 0 aromatic heterocycles. The summed E-state index contributed by atoms with van der Waals surface area (Å²) in [6.45, 7) is 2.22. The number of hydrogen-bond acceptors (Lipinski definition) is 2. The van der Waals surface area contributed by atoms with Crippen LogP contribution in [-0.2, 0) is 4.79 Å². The topological polar surface area (TPSA) is 57.5 Å². The maximum atomic E-state index is 10.3. The van der Waals surface area contributed by atoms with Gasteiger partial charge in [-0.25, -0.2) is 0 Å². The largest absolute Gasteiger partial charge is 0.513 e. The van der Waals surface area contributed by atoms with Crippen LogP contribution in [0.25, 0.3) is 0 Å². The highest BCUT2D eigenvalue weighted by Crippen LogP contribution is 2.06. The van der Waals surface area contributed by atoms with Crippen molar-refractivity contribution in [3.63, 3.8) is 0 Å². The molecule has 0 aromatic carbocycles. The van der Waals surface area contributed by atoms with E-state index in [1.54, 1.807) is 6.08 Å². The van der Waals surface area contributed by atoms with Gasteiger partial charge < -0.3 is 10.2 Å². The van der Waals surface area contributed by atoms with Crippen molar-refractivity contribution in [1.82, 2.24) is 0 Å². The molecule has 0 fully saturated rings. The molecule has 2 N–H and O–H groups in total. The minimum Gasteiger partial charge on any atom is -0.513 e. The normalized spacial score (nSPS) is 12.8. The number of rotatable bonds is 14. The third kappa shape index (κ3) is 18.2. The standard InChI is InChI=1S/C20H32O3/c1-2-3-4-5-6-7-8-9-10-11-12-13-14-16-19(21)17-15-18-20(22)23/h6-7,9-10,12-13,16,21H,2-5,8,11,14-15,17-18H2,1H3,(H,22,23)/b7-6-,10-9-,13-12-,19-16+. The van der Waals surface area contributed by atoms with Gasteiger partial charge in [-0.3, -0.25) is 4.79 Å². The van der Waals surface area contributed by atoms with Gasteiger partial charge in [0.2, 0.25) is 0 Å². The van der Waals surface area contributed by atoms with Gasteiger partial charge >= 0.3 is 5.97 Å². The number of aliphatic carboxylic acids is 1. The molecule has 0 bridgehead atoms. The lowest BCUT2D eigenvalue weighted by Crippen LogP contribution is -1.94. The van der Waals surface area contributed by atoms with Crippen molar-refractivity contribution in [1.29, 1.82) is 0 Å². The van der Waals surface area contributed by atoms with Crippen LogP contribution in [0.4, 0.5) is 0 Å². The summed E-state index contributed by atoms with van der Waals surface area (Å²) in [5.74, 6) is -0.542. The monoisotopic (exact) mass is 320 g/mol. The Kier molecular flexibility index (Phi) is 15.3. The van der Waals surface area contributed by atoms with Crippen molar-refractivity contribution in [2.24, 2.45) is 0 Å². The molecule has 0 unspecified atom stereocenters. The molecule has 0 aliphatic rings. The summed E-state index contributed by atoms with van der Waals surface area (Å²) in [6, 6.07) is 0. The molecule has 3 nitrogen and oxygen atoms in total. The Labute approximate surface area is 141 Å². The second-order valence-electron chi connectivity index (χ2n) is 5.56. The van der Waals surface area contributed by atoms with Crippen molar-refractivity contribution < 1.29 is 15.0 Å². The molecule has 0 saturated heterocycles. The fourth-order valence-electron chi connectivity index (χ4n) is 2.00. The number of carboxylic acid groups (broad SMARTS) is 1. The molecule has 23 heavy (non-hydrogen) atoms. The van der Waals surface area contributed by atoms with Crippen molar-refractivity contribution >= 4 is 5.97 Å². The maximum absolute atomic E-state index is 10.3. The molecule has 0 aliphatic carbocycles. The number of hydrogen-bond donors (Lipinski definition) is 2. The van der Waals surface area contributed by atoms with Gasteiger partial charge in [-0.15, -0.1) is 0 Å². The quantitative estimate of drug-likeness (QED) is 0.231. The van der Waals surface area contributed by atoms with Crippen molar-refractivity contribution in [3.8, 4) is 0 Å². The Morgan fingerprint density at radius 1 is 0.783 bits per heavy atom. The van der Waals surface area contributed by atoms with Gasteiger partial charge in [-0.2, -0.15) is 0 Å². The smallest absolute Gasteiger partial charge is 0.303 e. The zero-order chi connectivity index (χ0) is 17.2. The molecule has 0 aliphatic heterocycles. The molecular weight excluding hydrogens is 288 g/mol. The Balaban J connectivity index is 3.58. The molecule has 0 amide bonds. The number of aliphatic hydroxyl groups is 1. The van der Waals surface area contributed by atoms with Crippen LogP contribution in [0.3, 0.4) is 0 Å². The summed E-state index contributed by atoms with van der Waals surface area (Å²) < 4.78 is 0. The zero-order valence-electron chi connectivity index (χ0n) is 14.4. The fourth-order valence-corrected chi connectivity index (χ4v) is 2.00.